The summed E-state index contributed by atoms with van der Waals surface area (Å²) in [6.07, 6.45) is 0.592. The van der Waals surface area contributed by atoms with Crippen molar-refractivity contribution in [2.45, 2.75) is 39.3 Å². The molecule has 1 aliphatic heterocycles. The number of hydrogen-bond acceptors (Lipinski definition) is 4. The maximum absolute atomic E-state index is 15.1. The normalized spacial score (nSPS) is 16.1. The molecule has 1 aromatic carbocycles. The fourth-order valence-electron chi connectivity index (χ4n) is 3.27. The topological polar surface area (TPSA) is 70.2 Å². The van der Waals surface area contributed by atoms with Gasteiger partial charge in [-0.25, -0.2) is 19.2 Å². The molecule has 1 aromatic heterocycles. The number of aromatic nitrogens is 2. The lowest BCUT2D eigenvalue weighted by atomic mass is 9.93. The third-order valence-corrected chi connectivity index (χ3v) is 4.77. The van der Waals surface area contributed by atoms with E-state index in [0.29, 0.717) is 37.6 Å². The van der Waals surface area contributed by atoms with E-state index in [0.717, 1.165) is 16.9 Å². The molecule has 0 saturated carbocycles. The van der Waals surface area contributed by atoms with Crippen LogP contribution in [0.3, 0.4) is 0 Å². The lowest BCUT2D eigenvalue weighted by Crippen LogP contribution is -2.48. The molecule has 0 radical (unpaired) electrons. The van der Waals surface area contributed by atoms with Gasteiger partial charge in [-0.1, -0.05) is 12.1 Å². The third-order valence-electron chi connectivity index (χ3n) is 4.77. The predicted octanol–water partition coefficient (Wildman–Crippen LogP) is 3.85. The lowest BCUT2D eigenvalue weighted by molar-refractivity contribution is 0.0853. The number of amides is 2. The van der Waals surface area contributed by atoms with E-state index in [1.54, 1.807) is 11.0 Å². The van der Waals surface area contributed by atoms with Gasteiger partial charge in [-0.15, -0.1) is 0 Å². The van der Waals surface area contributed by atoms with Crippen molar-refractivity contribution in [2.24, 2.45) is 0 Å². The van der Waals surface area contributed by atoms with Crippen LogP contribution in [0.4, 0.5) is 20.7 Å². The van der Waals surface area contributed by atoms with Gasteiger partial charge in [0.1, 0.15) is 17.3 Å². The molecule has 7 heteroatoms. The Labute approximate surface area is 159 Å². The van der Waals surface area contributed by atoms with Crippen molar-refractivity contribution in [3.8, 4) is 0 Å². The van der Waals surface area contributed by atoms with E-state index in [2.05, 4.69) is 20.6 Å². The first-order chi connectivity index (χ1) is 12.8. The van der Waals surface area contributed by atoms with Gasteiger partial charge in [0.05, 0.1) is 6.54 Å². The Morgan fingerprint density at radius 2 is 1.93 bits per heavy atom. The minimum atomic E-state index is -1.35. The Morgan fingerprint density at radius 3 is 2.59 bits per heavy atom. The van der Waals surface area contributed by atoms with E-state index < -0.39 is 5.67 Å². The highest BCUT2D eigenvalue weighted by Gasteiger charge is 2.36. The SMILES string of the molecule is Cc1cccc(NC(=O)N2CCC(F)(CNc3cc(C)nc(C)n3)CC2)c1. The predicted molar refractivity (Wildman–Crippen MR) is 105 cm³/mol. The minimum absolute atomic E-state index is 0.177. The number of carbonyl (C=O) groups is 1. The molecule has 0 unspecified atom stereocenters. The minimum Gasteiger partial charge on any atom is -0.367 e. The molecule has 0 spiro atoms. The van der Waals surface area contributed by atoms with E-state index in [-0.39, 0.29) is 12.6 Å². The number of hydrogen-bond donors (Lipinski definition) is 2. The molecule has 2 N–H and O–H groups in total. The second kappa shape index (κ2) is 7.90. The molecule has 2 aromatic rings. The number of alkyl halides is 1. The number of rotatable bonds is 4. The number of carbonyl (C=O) groups excluding carboxylic acids is 1. The fraction of sp³-hybridized carbons (Fsp3) is 0.450. The number of halogens is 1. The first-order valence-electron chi connectivity index (χ1n) is 9.21. The highest BCUT2D eigenvalue weighted by Crippen LogP contribution is 2.27. The Hall–Kier alpha value is -2.70. The van der Waals surface area contributed by atoms with Gasteiger partial charge in [0.25, 0.3) is 0 Å². The van der Waals surface area contributed by atoms with Crippen LogP contribution in [0.2, 0.25) is 0 Å². The molecular weight excluding hydrogens is 345 g/mol. The fourth-order valence-corrected chi connectivity index (χ4v) is 3.27. The van der Waals surface area contributed by atoms with E-state index in [1.807, 2.05) is 45.0 Å². The summed E-state index contributed by atoms with van der Waals surface area (Å²) in [5, 5.41) is 5.96. The molecule has 0 bridgehead atoms. The lowest BCUT2D eigenvalue weighted by Gasteiger charge is -2.36. The maximum Gasteiger partial charge on any atom is 0.321 e. The van der Waals surface area contributed by atoms with Crippen LogP contribution < -0.4 is 10.6 Å². The zero-order chi connectivity index (χ0) is 19.4. The number of piperidine rings is 1. The summed E-state index contributed by atoms with van der Waals surface area (Å²) in [5.41, 5.74) is 1.33. The van der Waals surface area contributed by atoms with Gasteiger partial charge in [0, 0.05) is 43.4 Å². The number of benzene rings is 1. The molecule has 1 saturated heterocycles. The summed E-state index contributed by atoms with van der Waals surface area (Å²) in [6, 6.07) is 9.26. The molecule has 27 heavy (non-hydrogen) atoms. The summed E-state index contributed by atoms with van der Waals surface area (Å²) < 4.78 is 15.1. The third kappa shape index (κ3) is 5.15. The van der Waals surface area contributed by atoms with Crippen LogP contribution in [0.15, 0.2) is 30.3 Å². The quantitative estimate of drug-likeness (QED) is 0.856. The summed E-state index contributed by atoms with van der Waals surface area (Å²) in [7, 11) is 0. The van der Waals surface area contributed by atoms with Crippen LogP contribution in [0.5, 0.6) is 0 Å². The maximum atomic E-state index is 15.1. The van der Waals surface area contributed by atoms with Gasteiger partial charge in [0.15, 0.2) is 0 Å². The number of nitrogens with one attached hydrogen (secondary N) is 2. The largest absolute Gasteiger partial charge is 0.367 e. The molecule has 144 valence electrons. The van der Waals surface area contributed by atoms with Crippen LogP contribution in [-0.2, 0) is 0 Å². The molecular formula is C20H26FN5O. The van der Waals surface area contributed by atoms with Crippen molar-refractivity contribution in [2.75, 3.05) is 30.3 Å². The van der Waals surface area contributed by atoms with Crippen molar-refractivity contribution in [1.82, 2.24) is 14.9 Å². The highest BCUT2D eigenvalue weighted by atomic mass is 19.1. The number of aryl methyl sites for hydroxylation is 3. The van der Waals surface area contributed by atoms with Crippen LogP contribution >= 0.6 is 0 Å². The van der Waals surface area contributed by atoms with Gasteiger partial charge in [-0.05, 0) is 38.5 Å². The second-order valence-corrected chi connectivity index (χ2v) is 7.23. The monoisotopic (exact) mass is 371 g/mol. The van der Waals surface area contributed by atoms with Crippen molar-refractivity contribution < 1.29 is 9.18 Å². The summed E-state index contributed by atoms with van der Waals surface area (Å²) in [4.78, 5) is 22.6. The zero-order valence-corrected chi connectivity index (χ0v) is 16.1. The van der Waals surface area contributed by atoms with Crippen LogP contribution in [0.1, 0.15) is 29.9 Å². The molecule has 6 nitrogen and oxygen atoms in total. The highest BCUT2D eigenvalue weighted by molar-refractivity contribution is 5.89. The molecule has 2 amide bonds. The Balaban J connectivity index is 1.51. The molecule has 0 aliphatic carbocycles. The van der Waals surface area contributed by atoms with E-state index in [4.69, 9.17) is 0 Å². The summed E-state index contributed by atoms with van der Waals surface area (Å²) in [6.45, 7) is 6.62. The van der Waals surface area contributed by atoms with Gasteiger partial charge in [-0.3, -0.25) is 0 Å². The van der Waals surface area contributed by atoms with E-state index in [9.17, 15) is 4.79 Å². The van der Waals surface area contributed by atoms with Crippen molar-refractivity contribution >= 4 is 17.5 Å². The Morgan fingerprint density at radius 1 is 1.19 bits per heavy atom. The van der Waals surface area contributed by atoms with Crippen LogP contribution in [0, 0.1) is 20.8 Å². The molecule has 2 heterocycles. The second-order valence-electron chi connectivity index (χ2n) is 7.23. The van der Waals surface area contributed by atoms with Crippen molar-refractivity contribution in [1.29, 1.82) is 0 Å². The standard InChI is InChI=1S/C20H26FN5O/c1-14-5-4-6-17(11-14)25-19(27)26-9-7-20(21,8-10-26)13-22-18-12-15(2)23-16(3)24-18/h4-6,11-12H,7-10,13H2,1-3H3,(H,25,27)(H,22,23,24). The molecule has 1 fully saturated rings. The number of urea groups is 1. The first kappa shape index (κ1) is 19.1. The zero-order valence-electron chi connectivity index (χ0n) is 16.1. The van der Waals surface area contributed by atoms with E-state index >= 15 is 4.39 Å². The number of likely N-dealkylation sites (tertiary alicyclic amines) is 1. The van der Waals surface area contributed by atoms with Crippen molar-refractivity contribution in [3.05, 3.63) is 47.4 Å². The smallest absolute Gasteiger partial charge is 0.321 e. The Kier molecular flexibility index (Phi) is 5.58. The van der Waals surface area contributed by atoms with Gasteiger partial charge in [0.2, 0.25) is 0 Å². The molecule has 3 rings (SSSR count). The molecule has 1 aliphatic rings. The molecule has 0 atom stereocenters. The number of anilines is 2. The van der Waals surface area contributed by atoms with Gasteiger partial charge < -0.3 is 15.5 Å². The van der Waals surface area contributed by atoms with Crippen LogP contribution in [-0.4, -0.2) is 46.2 Å². The summed E-state index contributed by atoms with van der Waals surface area (Å²) >= 11 is 0. The average Bonchev–Trinajstić information content (AvgIpc) is 2.60. The van der Waals surface area contributed by atoms with Crippen molar-refractivity contribution in [3.63, 3.8) is 0 Å². The van der Waals surface area contributed by atoms with Gasteiger partial charge in [-0.2, -0.15) is 0 Å². The Bertz CT molecular complexity index is 798. The summed E-state index contributed by atoms with van der Waals surface area (Å²) in [5.74, 6) is 1.30. The average molecular weight is 371 g/mol. The number of nitrogens with zero attached hydrogens (tertiary/aromatic N) is 3. The van der Waals surface area contributed by atoms with Gasteiger partial charge >= 0.3 is 6.03 Å². The van der Waals surface area contributed by atoms with E-state index in [1.165, 1.54) is 0 Å². The first-order valence-corrected chi connectivity index (χ1v) is 9.21. The van der Waals surface area contributed by atoms with Crippen LogP contribution in [0.25, 0.3) is 0 Å².